The smallest absolute Gasteiger partial charge is 0.251 e. The van der Waals surface area contributed by atoms with E-state index >= 15 is 0 Å². The van der Waals surface area contributed by atoms with E-state index < -0.39 is 0 Å². The van der Waals surface area contributed by atoms with Crippen LogP contribution in [0.3, 0.4) is 0 Å². The second-order valence-corrected chi connectivity index (χ2v) is 4.77. The van der Waals surface area contributed by atoms with Crippen molar-refractivity contribution in [3.8, 4) is 0 Å². The molecule has 0 aliphatic rings. The maximum absolute atomic E-state index is 11.4. The molecule has 0 spiro atoms. The monoisotopic (exact) mass is 272 g/mol. The summed E-state index contributed by atoms with van der Waals surface area (Å²) in [6.45, 7) is 2.82. The topological polar surface area (TPSA) is 59.0 Å². The van der Waals surface area contributed by atoms with Gasteiger partial charge in [-0.3, -0.25) is 4.79 Å². The third-order valence-corrected chi connectivity index (χ3v) is 3.30. The lowest BCUT2D eigenvalue weighted by Crippen LogP contribution is -2.21. The third kappa shape index (κ3) is 3.24. The minimum absolute atomic E-state index is 0.0640. The summed E-state index contributed by atoms with van der Waals surface area (Å²) >= 11 is 0. The molecule has 0 saturated heterocycles. The van der Waals surface area contributed by atoms with E-state index in [2.05, 4.69) is 22.5 Å². The fraction of sp³-hybridized carbons (Fsp3) is 0.333. The van der Waals surface area contributed by atoms with Crippen LogP contribution in [0.15, 0.2) is 36.7 Å². The van der Waals surface area contributed by atoms with Crippen molar-refractivity contribution < 1.29 is 4.79 Å². The van der Waals surface area contributed by atoms with Crippen molar-refractivity contribution in [3.05, 3.63) is 53.6 Å². The predicted molar refractivity (Wildman–Crippen MR) is 78.3 cm³/mol. The van der Waals surface area contributed by atoms with Crippen LogP contribution in [0, 0.1) is 0 Å². The van der Waals surface area contributed by atoms with Crippen molar-refractivity contribution in [2.45, 2.75) is 19.5 Å². The molecule has 0 fully saturated rings. The summed E-state index contributed by atoms with van der Waals surface area (Å²) in [5, 5.41) is 6.03. The lowest BCUT2D eigenvalue weighted by atomic mass is 10.1. The second-order valence-electron chi connectivity index (χ2n) is 4.77. The Balaban J connectivity index is 1.94. The van der Waals surface area contributed by atoms with Crippen LogP contribution in [0.25, 0.3) is 0 Å². The van der Waals surface area contributed by atoms with Gasteiger partial charge in [0.05, 0.1) is 6.04 Å². The first-order chi connectivity index (χ1) is 9.61. The summed E-state index contributed by atoms with van der Waals surface area (Å²) in [6.07, 6.45) is 3.73. The normalized spacial score (nSPS) is 12.2. The molecule has 1 unspecified atom stereocenters. The molecule has 20 heavy (non-hydrogen) atoms. The van der Waals surface area contributed by atoms with Crippen molar-refractivity contribution in [1.82, 2.24) is 20.2 Å². The standard InChI is InChI=1S/C15H20N4O/c1-11(14-17-8-9-19(14)3)18-10-12-4-6-13(7-5-12)15(20)16-2/h4-9,11,18H,10H2,1-3H3,(H,16,20). The largest absolute Gasteiger partial charge is 0.355 e. The molecule has 0 aliphatic carbocycles. The molecular formula is C15H20N4O. The Morgan fingerprint density at radius 1 is 1.35 bits per heavy atom. The van der Waals surface area contributed by atoms with E-state index in [9.17, 15) is 4.79 Å². The first-order valence-corrected chi connectivity index (χ1v) is 6.63. The molecule has 1 heterocycles. The molecule has 2 rings (SSSR count). The summed E-state index contributed by atoms with van der Waals surface area (Å²) < 4.78 is 2.01. The van der Waals surface area contributed by atoms with Gasteiger partial charge in [0.25, 0.3) is 5.91 Å². The Labute approximate surface area is 119 Å². The van der Waals surface area contributed by atoms with Gasteiger partial charge in [0.15, 0.2) is 0 Å². The Hall–Kier alpha value is -2.14. The van der Waals surface area contributed by atoms with Crippen molar-refractivity contribution in [2.24, 2.45) is 7.05 Å². The summed E-state index contributed by atoms with van der Waals surface area (Å²) in [5.74, 6) is 0.942. The van der Waals surface area contributed by atoms with Gasteiger partial charge in [0.1, 0.15) is 5.82 Å². The number of imidazole rings is 1. The maximum atomic E-state index is 11.4. The Morgan fingerprint density at radius 3 is 2.60 bits per heavy atom. The first kappa shape index (κ1) is 14.3. The molecule has 0 saturated carbocycles. The fourth-order valence-corrected chi connectivity index (χ4v) is 2.07. The Kier molecular flexibility index (Phi) is 4.53. The van der Waals surface area contributed by atoms with E-state index in [0.717, 1.165) is 17.9 Å². The SMILES string of the molecule is CNC(=O)c1ccc(CNC(C)c2nccn2C)cc1. The average Bonchev–Trinajstić information content (AvgIpc) is 2.90. The molecule has 0 radical (unpaired) electrons. The minimum atomic E-state index is -0.0640. The number of hydrogen-bond donors (Lipinski definition) is 2. The molecule has 106 valence electrons. The number of nitrogens with one attached hydrogen (secondary N) is 2. The Morgan fingerprint density at radius 2 is 2.05 bits per heavy atom. The van der Waals surface area contributed by atoms with Gasteiger partial charge in [-0.25, -0.2) is 4.98 Å². The molecule has 1 atom stereocenters. The molecule has 2 aromatic rings. The Bertz CT molecular complexity index is 574. The highest BCUT2D eigenvalue weighted by molar-refractivity contribution is 5.93. The van der Waals surface area contributed by atoms with Crippen LogP contribution in [-0.4, -0.2) is 22.5 Å². The molecule has 1 aromatic heterocycles. The lowest BCUT2D eigenvalue weighted by Gasteiger charge is -2.14. The number of aromatic nitrogens is 2. The first-order valence-electron chi connectivity index (χ1n) is 6.63. The van der Waals surface area contributed by atoms with Gasteiger partial charge in [0.2, 0.25) is 0 Å². The van der Waals surface area contributed by atoms with Crippen LogP contribution in [-0.2, 0) is 13.6 Å². The number of rotatable bonds is 5. The number of aryl methyl sites for hydroxylation is 1. The number of nitrogens with zero attached hydrogens (tertiary/aromatic N) is 2. The number of carbonyl (C=O) groups excluding carboxylic acids is 1. The van der Waals surface area contributed by atoms with Crippen molar-refractivity contribution >= 4 is 5.91 Å². The number of benzene rings is 1. The molecule has 1 amide bonds. The van der Waals surface area contributed by atoms with E-state index in [1.165, 1.54) is 0 Å². The number of hydrogen-bond acceptors (Lipinski definition) is 3. The van der Waals surface area contributed by atoms with E-state index in [4.69, 9.17) is 0 Å². The minimum Gasteiger partial charge on any atom is -0.355 e. The molecule has 5 heteroatoms. The van der Waals surface area contributed by atoms with E-state index in [1.807, 2.05) is 42.1 Å². The zero-order chi connectivity index (χ0) is 14.5. The molecular weight excluding hydrogens is 252 g/mol. The highest BCUT2D eigenvalue weighted by Crippen LogP contribution is 2.10. The van der Waals surface area contributed by atoms with Crippen molar-refractivity contribution in [1.29, 1.82) is 0 Å². The predicted octanol–water partition coefficient (Wildman–Crippen LogP) is 1.63. The number of amides is 1. The van der Waals surface area contributed by atoms with Crippen LogP contribution in [0.2, 0.25) is 0 Å². The van der Waals surface area contributed by atoms with Crippen LogP contribution in [0.5, 0.6) is 0 Å². The van der Waals surface area contributed by atoms with E-state index in [0.29, 0.717) is 5.56 Å². The van der Waals surface area contributed by atoms with Gasteiger partial charge >= 0.3 is 0 Å². The molecule has 2 N–H and O–H groups in total. The fourth-order valence-electron chi connectivity index (χ4n) is 2.07. The molecule has 1 aromatic carbocycles. The molecule has 5 nitrogen and oxygen atoms in total. The summed E-state index contributed by atoms with van der Waals surface area (Å²) in [5.41, 5.74) is 1.81. The zero-order valence-corrected chi connectivity index (χ0v) is 12.1. The van der Waals surface area contributed by atoms with Gasteiger partial charge in [-0.1, -0.05) is 12.1 Å². The van der Waals surface area contributed by atoms with Crippen LogP contribution < -0.4 is 10.6 Å². The van der Waals surface area contributed by atoms with Crippen molar-refractivity contribution in [2.75, 3.05) is 7.05 Å². The van der Waals surface area contributed by atoms with E-state index in [1.54, 1.807) is 13.2 Å². The third-order valence-electron chi connectivity index (χ3n) is 3.30. The molecule has 0 aliphatic heterocycles. The highest BCUT2D eigenvalue weighted by Gasteiger charge is 2.09. The summed E-state index contributed by atoms with van der Waals surface area (Å²) in [6, 6.07) is 7.77. The van der Waals surface area contributed by atoms with Gasteiger partial charge in [0, 0.05) is 38.6 Å². The lowest BCUT2D eigenvalue weighted by molar-refractivity contribution is 0.0963. The van der Waals surface area contributed by atoms with Crippen LogP contribution >= 0.6 is 0 Å². The van der Waals surface area contributed by atoms with Gasteiger partial charge < -0.3 is 15.2 Å². The van der Waals surface area contributed by atoms with Gasteiger partial charge in [-0.2, -0.15) is 0 Å². The maximum Gasteiger partial charge on any atom is 0.251 e. The van der Waals surface area contributed by atoms with Gasteiger partial charge in [-0.05, 0) is 24.6 Å². The average molecular weight is 272 g/mol. The highest BCUT2D eigenvalue weighted by atomic mass is 16.1. The van der Waals surface area contributed by atoms with Crippen LogP contribution in [0.4, 0.5) is 0 Å². The zero-order valence-electron chi connectivity index (χ0n) is 12.1. The number of carbonyl (C=O) groups is 1. The summed E-state index contributed by atoms with van der Waals surface area (Å²) in [4.78, 5) is 15.8. The quantitative estimate of drug-likeness (QED) is 0.869. The second kappa shape index (κ2) is 6.34. The molecule has 0 bridgehead atoms. The summed E-state index contributed by atoms with van der Waals surface area (Å²) in [7, 11) is 3.62. The van der Waals surface area contributed by atoms with Crippen LogP contribution in [0.1, 0.15) is 34.7 Å². The van der Waals surface area contributed by atoms with Crippen molar-refractivity contribution in [3.63, 3.8) is 0 Å². The van der Waals surface area contributed by atoms with Gasteiger partial charge in [-0.15, -0.1) is 0 Å². The van der Waals surface area contributed by atoms with E-state index in [-0.39, 0.29) is 11.9 Å².